The normalized spacial score (nSPS) is 15.3. The Morgan fingerprint density at radius 1 is 1.12 bits per heavy atom. The molecule has 170 valence electrons. The third kappa shape index (κ3) is 4.60. The molecule has 0 bridgehead atoms. The molecule has 4 rings (SSSR count). The second-order valence-corrected chi connectivity index (χ2v) is 9.47. The number of ketones is 1. The Kier molecular flexibility index (Phi) is 5.93. The molecule has 1 aliphatic rings. The van der Waals surface area contributed by atoms with Gasteiger partial charge in [0.05, 0.1) is 18.3 Å². The van der Waals surface area contributed by atoms with Gasteiger partial charge in [-0.2, -0.15) is 0 Å². The van der Waals surface area contributed by atoms with E-state index in [2.05, 4.69) is 25.8 Å². The lowest BCUT2D eigenvalue weighted by molar-refractivity contribution is 0.0900. The van der Waals surface area contributed by atoms with E-state index in [1.54, 1.807) is 12.3 Å². The largest absolute Gasteiger partial charge is 0.487 e. The van der Waals surface area contributed by atoms with E-state index < -0.39 is 6.09 Å². The van der Waals surface area contributed by atoms with Crippen LogP contribution in [0.2, 0.25) is 0 Å². The van der Waals surface area contributed by atoms with Crippen LogP contribution in [0, 0.1) is 5.41 Å². The van der Waals surface area contributed by atoms with Crippen molar-refractivity contribution in [3.05, 3.63) is 83.2 Å². The maximum absolute atomic E-state index is 12.1. The fraction of sp³-hybridized carbons (Fsp3) is 0.296. The second kappa shape index (κ2) is 8.70. The van der Waals surface area contributed by atoms with Gasteiger partial charge in [0, 0.05) is 17.3 Å². The molecule has 3 aromatic rings. The molecule has 1 unspecified atom stereocenters. The Bertz CT molecular complexity index is 1200. The Labute approximate surface area is 193 Å². The lowest BCUT2D eigenvalue weighted by atomic mass is 9.82. The highest BCUT2D eigenvalue weighted by Gasteiger charge is 2.41. The molecule has 1 atom stereocenters. The maximum atomic E-state index is 12.1. The molecule has 0 saturated carbocycles. The SMILES string of the molecule is CC(=O)c1ccc(OCc2ccccn2)c(-c2ccc3c(c2)CN(C(=O)O)C3C(C)(C)C)c1. The zero-order chi connectivity index (χ0) is 23.8. The number of fused-ring (bicyclic) bond motifs is 1. The van der Waals surface area contributed by atoms with Gasteiger partial charge in [-0.05, 0) is 65.4 Å². The molecule has 6 nitrogen and oxygen atoms in total. The summed E-state index contributed by atoms with van der Waals surface area (Å²) in [7, 11) is 0. The molecule has 1 amide bonds. The number of Topliss-reactive ketones (excluding diaryl/α,β-unsaturated/α-hetero) is 1. The van der Waals surface area contributed by atoms with E-state index in [1.165, 1.54) is 11.8 Å². The van der Waals surface area contributed by atoms with Gasteiger partial charge in [-0.1, -0.05) is 39.0 Å². The average Bonchev–Trinajstić information content (AvgIpc) is 3.18. The zero-order valence-corrected chi connectivity index (χ0v) is 19.3. The average molecular weight is 445 g/mol. The van der Waals surface area contributed by atoms with Gasteiger partial charge in [-0.25, -0.2) is 4.79 Å². The van der Waals surface area contributed by atoms with Crippen molar-refractivity contribution < 1.29 is 19.4 Å². The molecule has 0 saturated heterocycles. The van der Waals surface area contributed by atoms with Crippen molar-refractivity contribution in [2.45, 2.75) is 46.9 Å². The Morgan fingerprint density at radius 2 is 1.91 bits per heavy atom. The fourth-order valence-corrected chi connectivity index (χ4v) is 4.47. The maximum Gasteiger partial charge on any atom is 0.408 e. The van der Waals surface area contributed by atoms with E-state index in [9.17, 15) is 14.7 Å². The standard InChI is InChI=1S/C27H28N2O4/c1-17(30)18-9-11-24(33-16-21-7-5-6-12-28-21)23(14-18)19-8-10-22-20(13-19)15-29(26(31)32)25(22)27(2,3)4/h5-14,25H,15-16H2,1-4H3,(H,31,32). The van der Waals surface area contributed by atoms with Gasteiger partial charge < -0.3 is 9.84 Å². The van der Waals surface area contributed by atoms with Crippen LogP contribution in [0.3, 0.4) is 0 Å². The van der Waals surface area contributed by atoms with Crippen molar-refractivity contribution >= 4 is 11.9 Å². The topological polar surface area (TPSA) is 79.7 Å². The number of nitrogens with zero attached hydrogens (tertiary/aromatic N) is 2. The number of carboxylic acid groups (broad SMARTS) is 1. The Balaban J connectivity index is 1.74. The van der Waals surface area contributed by atoms with Crippen molar-refractivity contribution in [1.29, 1.82) is 0 Å². The van der Waals surface area contributed by atoms with E-state index in [-0.39, 0.29) is 17.2 Å². The minimum Gasteiger partial charge on any atom is -0.487 e. The van der Waals surface area contributed by atoms with Crippen LogP contribution in [0.25, 0.3) is 11.1 Å². The molecule has 0 radical (unpaired) electrons. The number of amides is 1. The molecule has 1 N–H and O–H groups in total. The monoisotopic (exact) mass is 444 g/mol. The number of carbonyl (C=O) groups excluding carboxylic acids is 1. The van der Waals surface area contributed by atoms with Gasteiger partial charge in [0.15, 0.2) is 5.78 Å². The fourth-order valence-electron chi connectivity index (χ4n) is 4.47. The molecule has 0 aliphatic carbocycles. The van der Waals surface area contributed by atoms with Gasteiger partial charge in [0.1, 0.15) is 12.4 Å². The summed E-state index contributed by atoms with van der Waals surface area (Å²) >= 11 is 0. The number of hydrogen-bond acceptors (Lipinski definition) is 4. The second-order valence-electron chi connectivity index (χ2n) is 9.47. The van der Waals surface area contributed by atoms with E-state index in [0.717, 1.165) is 27.9 Å². The molecule has 2 aromatic carbocycles. The number of ether oxygens (including phenoxy) is 1. The molecular formula is C27H28N2O4. The molecule has 1 aliphatic heterocycles. The van der Waals surface area contributed by atoms with Crippen LogP contribution in [-0.4, -0.2) is 26.9 Å². The summed E-state index contributed by atoms with van der Waals surface area (Å²) in [4.78, 5) is 29.8. The third-order valence-corrected chi connectivity index (χ3v) is 5.95. The lowest BCUT2D eigenvalue weighted by Gasteiger charge is -2.34. The summed E-state index contributed by atoms with van der Waals surface area (Å²) in [6, 6.07) is 16.8. The molecule has 2 heterocycles. The quantitative estimate of drug-likeness (QED) is 0.480. The first-order valence-corrected chi connectivity index (χ1v) is 11.0. The number of carbonyl (C=O) groups is 2. The molecule has 1 aromatic heterocycles. The predicted molar refractivity (Wildman–Crippen MR) is 126 cm³/mol. The molecule has 33 heavy (non-hydrogen) atoms. The van der Waals surface area contributed by atoms with Gasteiger partial charge in [0.25, 0.3) is 0 Å². The third-order valence-electron chi connectivity index (χ3n) is 5.95. The highest BCUT2D eigenvalue weighted by atomic mass is 16.5. The predicted octanol–water partition coefficient (Wildman–Crippen LogP) is 6.11. The zero-order valence-electron chi connectivity index (χ0n) is 19.3. The minimum atomic E-state index is -0.925. The van der Waals surface area contributed by atoms with Crippen LogP contribution in [0.5, 0.6) is 5.75 Å². The number of aromatic nitrogens is 1. The number of hydrogen-bond donors (Lipinski definition) is 1. The summed E-state index contributed by atoms with van der Waals surface area (Å²) in [6.45, 7) is 8.33. The van der Waals surface area contributed by atoms with Crippen LogP contribution in [0.15, 0.2) is 60.8 Å². The van der Waals surface area contributed by atoms with E-state index >= 15 is 0 Å². The first-order valence-electron chi connectivity index (χ1n) is 11.0. The Hall–Kier alpha value is -3.67. The lowest BCUT2D eigenvalue weighted by Crippen LogP contribution is -2.35. The van der Waals surface area contributed by atoms with Gasteiger partial charge in [-0.15, -0.1) is 0 Å². The van der Waals surface area contributed by atoms with Crippen LogP contribution >= 0.6 is 0 Å². The Morgan fingerprint density at radius 3 is 2.55 bits per heavy atom. The summed E-state index contributed by atoms with van der Waals surface area (Å²) < 4.78 is 6.09. The first-order chi connectivity index (χ1) is 15.6. The number of rotatable bonds is 5. The summed E-state index contributed by atoms with van der Waals surface area (Å²) in [5.74, 6) is 0.615. The number of benzene rings is 2. The van der Waals surface area contributed by atoms with Crippen LogP contribution in [0.1, 0.15) is 60.9 Å². The van der Waals surface area contributed by atoms with Crippen molar-refractivity contribution in [2.24, 2.45) is 5.41 Å². The van der Waals surface area contributed by atoms with Crippen molar-refractivity contribution in [2.75, 3.05) is 0 Å². The van der Waals surface area contributed by atoms with E-state index in [1.807, 2.05) is 48.5 Å². The highest BCUT2D eigenvalue weighted by molar-refractivity contribution is 5.96. The summed E-state index contributed by atoms with van der Waals surface area (Å²) in [6.07, 6.45) is 0.796. The smallest absolute Gasteiger partial charge is 0.408 e. The number of pyridine rings is 1. The highest BCUT2D eigenvalue weighted by Crippen LogP contribution is 2.46. The van der Waals surface area contributed by atoms with Gasteiger partial charge >= 0.3 is 6.09 Å². The van der Waals surface area contributed by atoms with E-state index in [0.29, 0.717) is 24.5 Å². The molecule has 0 spiro atoms. The molecular weight excluding hydrogens is 416 g/mol. The molecule has 0 fully saturated rings. The van der Waals surface area contributed by atoms with Crippen LogP contribution in [-0.2, 0) is 13.2 Å². The van der Waals surface area contributed by atoms with Crippen LogP contribution in [0.4, 0.5) is 4.79 Å². The van der Waals surface area contributed by atoms with Crippen molar-refractivity contribution in [1.82, 2.24) is 9.88 Å². The van der Waals surface area contributed by atoms with Gasteiger partial charge in [0.2, 0.25) is 0 Å². The summed E-state index contributed by atoms with van der Waals surface area (Å²) in [5, 5.41) is 9.79. The first kappa shape index (κ1) is 22.5. The van der Waals surface area contributed by atoms with Crippen molar-refractivity contribution in [3.63, 3.8) is 0 Å². The van der Waals surface area contributed by atoms with E-state index in [4.69, 9.17) is 4.74 Å². The molecule has 6 heteroatoms. The summed E-state index contributed by atoms with van der Waals surface area (Å²) in [5.41, 5.74) is 4.83. The van der Waals surface area contributed by atoms with Crippen molar-refractivity contribution in [3.8, 4) is 16.9 Å². The minimum absolute atomic E-state index is 0.0291. The van der Waals surface area contributed by atoms with Gasteiger partial charge in [-0.3, -0.25) is 14.7 Å². The van der Waals surface area contributed by atoms with Crippen LogP contribution < -0.4 is 4.74 Å².